The third-order valence-corrected chi connectivity index (χ3v) is 2.82. The second-order valence-electron chi connectivity index (χ2n) is 4.26. The Kier molecular flexibility index (Phi) is 4.19. The van der Waals surface area contributed by atoms with Gasteiger partial charge < -0.3 is 10.1 Å². The van der Waals surface area contributed by atoms with Crippen LogP contribution in [0.4, 0.5) is 0 Å². The van der Waals surface area contributed by atoms with Crippen molar-refractivity contribution in [2.24, 2.45) is 7.05 Å². The lowest BCUT2D eigenvalue weighted by Crippen LogP contribution is -2.27. The SMILES string of the molecule is COc1cccc(CCNC(=O)c2nn(C)c(=O)[nH]2)c1. The molecule has 0 spiro atoms. The first-order chi connectivity index (χ1) is 9.60. The lowest BCUT2D eigenvalue weighted by atomic mass is 10.1. The van der Waals surface area contributed by atoms with Crippen molar-refractivity contribution >= 4 is 5.91 Å². The molecule has 0 unspecified atom stereocenters. The van der Waals surface area contributed by atoms with Crippen molar-refractivity contribution in [3.8, 4) is 5.75 Å². The predicted octanol–water partition coefficient (Wildman–Crippen LogP) is 0.0895. The van der Waals surface area contributed by atoms with Crippen molar-refractivity contribution in [2.75, 3.05) is 13.7 Å². The summed E-state index contributed by atoms with van der Waals surface area (Å²) in [5, 5.41) is 6.48. The average Bonchev–Trinajstić information content (AvgIpc) is 2.79. The molecule has 1 amide bonds. The monoisotopic (exact) mass is 276 g/mol. The molecule has 0 radical (unpaired) electrons. The molecular formula is C13H16N4O3. The molecule has 1 aromatic carbocycles. The Bertz CT molecular complexity index is 660. The number of carbonyl (C=O) groups excluding carboxylic acids is 1. The molecule has 0 atom stereocenters. The fourth-order valence-corrected chi connectivity index (χ4v) is 1.74. The van der Waals surface area contributed by atoms with Crippen LogP contribution in [0.3, 0.4) is 0 Å². The van der Waals surface area contributed by atoms with E-state index in [9.17, 15) is 9.59 Å². The van der Waals surface area contributed by atoms with E-state index in [1.54, 1.807) is 7.11 Å². The minimum Gasteiger partial charge on any atom is -0.497 e. The summed E-state index contributed by atoms with van der Waals surface area (Å²) in [4.78, 5) is 25.3. The number of H-pyrrole nitrogens is 1. The zero-order valence-corrected chi connectivity index (χ0v) is 11.3. The Morgan fingerprint density at radius 3 is 2.95 bits per heavy atom. The molecule has 0 saturated carbocycles. The van der Waals surface area contributed by atoms with Crippen LogP contribution in [0, 0.1) is 0 Å². The Morgan fingerprint density at radius 2 is 2.30 bits per heavy atom. The number of amides is 1. The van der Waals surface area contributed by atoms with Gasteiger partial charge in [-0.15, -0.1) is 5.10 Å². The summed E-state index contributed by atoms with van der Waals surface area (Å²) in [5.41, 5.74) is 0.641. The third-order valence-electron chi connectivity index (χ3n) is 2.82. The normalized spacial score (nSPS) is 10.3. The van der Waals surface area contributed by atoms with Crippen LogP contribution >= 0.6 is 0 Å². The number of methoxy groups -OCH3 is 1. The van der Waals surface area contributed by atoms with Gasteiger partial charge in [-0.05, 0) is 24.1 Å². The quantitative estimate of drug-likeness (QED) is 0.810. The molecule has 0 bridgehead atoms. The molecule has 7 nitrogen and oxygen atoms in total. The molecule has 2 aromatic rings. The maximum absolute atomic E-state index is 11.7. The number of carbonyl (C=O) groups is 1. The molecule has 0 aliphatic heterocycles. The summed E-state index contributed by atoms with van der Waals surface area (Å²) in [7, 11) is 3.09. The van der Waals surface area contributed by atoms with Gasteiger partial charge in [0.2, 0.25) is 5.82 Å². The Balaban J connectivity index is 1.89. The molecule has 0 fully saturated rings. The van der Waals surface area contributed by atoms with Gasteiger partial charge in [0.15, 0.2) is 0 Å². The van der Waals surface area contributed by atoms with Crippen LogP contribution in [-0.4, -0.2) is 34.3 Å². The number of hydrogen-bond acceptors (Lipinski definition) is 4. The largest absolute Gasteiger partial charge is 0.497 e. The highest BCUT2D eigenvalue weighted by molar-refractivity contribution is 5.90. The van der Waals surface area contributed by atoms with Crippen LogP contribution in [0.1, 0.15) is 16.2 Å². The van der Waals surface area contributed by atoms with E-state index in [-0.39, 0.29) is 5.82 Å². The van der Waals surface area contributed by atoms with E-state index in [4.69, 9.17) is 4.74 Å². The maximum Gasteiger partial charge on any atom is 0.343 e. The number of benzene rings is 1. The predicted molar refractivity (Wildman–Crippen MR) is 72.9 cm³/mol. The summed E-state index contributed by atoms with van der Waals surface area (Å²) in [6.45, 7) is 0.449. The van der Waals surface area contributed by atoms with Crippen LogP contribution in [0.15, 0.2) is 29.1 Å². The first-order valence-electron chi connectivity index (χ1n) is 6.14. The van der Waals surface area contributed by atoms with Gasteiger partial charge in [-0.25, -0.2) is 9.48 Å². The molecule has 0 aliphatic rings. The van der Waals surface area contributed by atoms with Crippen molar-refractivity contribution in [1.82, 2.24) is 20.1 Å². The molecule has 1 aromatic heterocycles. The molecule has 0 saturated heterocycles. The topological polar surface area (TPSA) is 89.0 Å². The molecule has 106 valence electrons. The molecule has 0 aliphatic carbocycles. The van der Waals surface area contributed by atoms with Gasteiger partial charge >= 0.3 is 5.69 Å². The van der Waals surface area contributed by atoms with Gasteiger partial charge in [0.25, 0.3) is 5.91 Å². The van der Waals surface area contributed by atoms with E-state index >= 15 is 0 Å². The Labute approximate surface area is 115 Å². The number of aromatic nitrogens is 3. The summed E-state index contributed by atoms with van der Waals surface area (Å²) < 4.78 is 6.21. The highest BCUT2D eigenvalue weighted by Gasteiger charge is 2.10. The Hall–Kier alpha value is -2.57. The average molecular weight is 276 g/mol. The van der Waals surface area contributed by atoms with Crippen LogP contribution in [0.25, 0.3) is 0 Å². The zero-order chi connectivity index (χ0) is 14.5. The van der Waals surface area contributed by atoms with E-state index < -0.39 is 11.6 Å². The lowest BCUT2D eigenvalue weighted by molar-refractivity contribution is 0.0943. The van der Waals surface area contributed by atoms with E-state index in [1.807, 2.05) is 24.3 Å². The molecule has 2 rings (SSSR count). The Morgan fingerprint density at radius 1 is 1.50 bits per heavy atom. The van der Waals surface area contributed by atoms with Gasteiger partial charge in [0, 0.05) is 13.6 Å². The summed E-state index contributed by atoms with van der Waals surface area (Å²) in [6.07, 6.45) is 0.667. The van der Waals surface area contributed by atoms with Gasteiger partial charge in [0.1, 0.15) is 5.75 Å². The minimum atomic E-state index is -0.414. The van der Waals surface area contributed by atoms with E-state index in [2.05, 4.69) is 15.4 Å². The van der Waals surface area contributed by atoms with Crippen molar-refractivity contribution in [1.29, 1.82) is 0 Å². The standard InChI is InChI=1S/C13H16N4O3/c1-17-13(19)15-11(16-17)12(18)14-7-6-9-4-3-5-10(8-9)20-2/h3-5,8H,6-7H2,1-2H3,(H,14,18)(H,15,16,19). The second kappa shape index (κ2) is 6.05. The molecule has 1 heterocycles. The molecule has 7 heteroatoms. The highest BCUT2D eigenvalue weighted by Crippen LogP contribution is 2.12. The van der Waals surface area contributed by atoms with Crippen LogP contribution < -0.4 is 15.7 Å². The van der Waals surface area contributed by atoms with Crippen molar-refractivity contribution in [3.05, 3.63) is 46.1 Å². The van der Waals surface area contributed by atoms with Gasteiger partial charge in [-0.2, -0.15) is 0 Å². The number of nitrogens with zero attached hydrogens (tertiary/aromatic N) is 2. The summed E-state index contributed by atoms with van der Waals surface area (Å²) in [6, 6.07) is 7.62. The number of rotatable bonds is 5. The third kappa shape index (κ3) is 3.25. The smallest absolute Gasteiger partial charge is 0.343 e. The molecular weight excluding hydrogens is 260 g/mol. The molecule has 2 N–H and O–H groups in total. The second-order valence-corrected chi connectivity index (χ2v) is 4.26. The summed E-state index contributed by atoms with van der Waals surface area (Å²) >= 11 is 0. The highest BCUT2D eigenvalue weighted by atomic mass is 16.5. The minimum absolute atomic E-state index is 0.0168. The lowest BCUT2D eigenvalue weighted by Gasteiger charge is -2.05. The van der Waals surface area contributed by atoms with E-state index in [0.717, 1.165) is 16.0 Å². The molecule has 20 heavy (non-hydrogen) atoms. The van der Waals surface area contributed by atoms with Gasteiger partial charge in [0.05, 0.1) is 7.11 Å². The number of aromatic amines is 1. The van der Waals surface area contributed by atoms with Crippen molar-refractivity contribution in [2.45, 2.75) is 6.42 Å². The number of hydrogen-bond donors (Lipinski definition) is 2. The fourth-order valence-electron chi connectivity index (χ4n) is 1.74. The van der Waals surface area contributed by atoms with Gasteiger partial charge in [-0.1, -0.05) is 12.1 Å². The number of nitrogens with one attached hydrogen (secondary N) is 2. The van der Waals surface area contributed by atoms with Crippen LogP contribution in [0.5, 0.6) is 5.75 Å². The van der Waals surface area contributed by atoms with Crippen LogP contribution in [0.2, 0.25) is 0 Å². The van der Waals surface area contributed by atoms with E-state index in [1.165, 1.54) is 7.05 Å². The van der Waals surface area contributed by atoms with Gasteiger partial charge in [-0.3, -0.25) is 9.78 Å². The zero-order valence-electron chi connectivity index (χ0n) is 11.3. The van der Waals surface area contributed by atoms with Crippen molar-refractivity contribution in [3.63, 3.8) is 0 Å². The maximum atomic E-state index is 11.7. The summed E-state index contributed by atoms with van der Waals surface area (Å²) in [5.74, 6) is 0.400. The fraction of sp³-hybridized carbons (Fsp3) is 0.308. The first kappa shape index (κ1) is 13.9. The van der Waals surface area contributed by atoms with E-state index in [0.29, 0.717) is 13.0 Å². The van der Waals surface area contributed by atoms with Crippen LogP contribution in [-0.2, 0) is 13.5 Å². The number of aryl methyl sites for hydroxylation is 1. The first-order valence-corrected chi connectivity index (χ1v) is 6.14. The number of ether oxygens (including phenoxy) is 1. The van der Waals surface area contributed by atoms with Crippen molar-refractivity contribution < 1.29 is 9.53 Å².